The maximum Gasteiger partial charge on any atom is 0.251 e. The second-order valence-corrected chi connectivity index (χ2v) is 5.81. The zero-order valence-electron chi connectivity index (χ0n) is 11.4. The van der Waals surface area contributed by atoms with Crippen molar-refractivity contribution >= 4 is 23.1 Å². The van der Waals surface area contributed by atoms with Gasteiger partial charge in [0.1, 0.15) is 0 Å². The summed E-state index contributed by atoms with van der Waals surface area (Å²) in [4.78, 5) is 12.9. The molecule has 19 heavy (non-hydrogen) atoms. The van der Waals surface area contributed by atoms with Crippen LogP contribution >= 0.6 is 12.2 Å². The van der Waals surface area contributed by atoms with Crippen molar-refractivity contribution in [1.29, 1.82) is 0 Å². The van der Waals surface area contributed by atoms with Gasteiger partial charge in [-0.3, -0.25) is 4.79 Å². The Bertz CT molecular complexity index is 513. The minimum Gasteiger partial charge on any atom is -0.393 e. The minimum atomic E-state index is -0.0191. The second kappa shape index (κ2) is 5.70. The summed E-state index contributed by atoms with van der Waals surface area (Å²) in [5.41, 5.74) is 8.57. The van der Waals surface area contributed by atoms with Crippen molar-refractivity contribution in [3.8, 4) is 0 Å². The van der Waals surface area contributed by atoms with Gasteiger partial charge in [-0.15, -0.1) is 0 Å². The average Bonchev–Trinajstić information content (AvgIpc) is 2.80. The lowest BCUT2D eigenvalue weighted by atomic mass is 10.0. The van der Waals surface area contributed by atoms with Crippen molar-refractivity contribution < 1.29 is 4.79 Å². The first kappa shape index (κ1) is 14.0. The van der Waals surface area contributed by atoms with Crippen LogP contribution in [0.1, 0.15) is 40.7 Å². The molecule has 1 aromatic rings. The second-order valence-electron chi connectivity index (χ2n) is 5.34. The molecule has 2 rings (SSSR count). The Hall–Kier alpha value is -1.42. The fourth-order valence-corrected chi connectivity index (χ4v) is 2.98. The quantitative estimate of drug-likeness (QED) is 0.834. The molecule has 0 aliphatic heterocycles. The summed E-state index contributed by atoms with van der Waals surface area (Å²) in [6.45, 7) is 3.94. The van der Waals surface area contributed by atoms with Crippen LogP contribution in [0.25, 0.3) is 0 Å². The predicted molar refractivity (Wildman–Crippen MR) is 81.3 cm³/mol. The van der Waals surface area contributed by atoms with Gasteiger partial charge in [0.25, 0.3) is 5.91 Å². The van der Waals surface area contributed by atoms with E-state index in [9.17, 15) is 4.79 Å². The van der Waals surface area contributed by atoms with Gasteiger partial charge in [-0.25, -0.2) is 0 Å². The Morgan fingerprint density at radius 1 is 1.37 bits per heavy atom. The van der Waals surface area contributed by atoms with E-state index in [1.807, 2.05) is 32.0 Å². The summed E-state index contributed by atoms with van der Waals surface area (Å²) in [7, 11) is 0. The van der Waals surface area contributed by atoms with E-state index in [4.69, 9.17) is 18.0 Å². The first-order valence-electron chi connectivity index (χ1n) is 6.66. The monoisotopic (exact) mass is 276 g/mol. The molecule has 1 amide bonds. The lowest BCUT2D eigenvalue weighted by molar-refractivity contribution is 0.0933. The van der Waals surface area contributed by atoms with Gasteiger partial charge in [-0.05, 0) is 38.3 Å². The van der Waals surface area contributed by atoms with E-state index < -0.39 is 0 Å². The number of thiocarbonyl (C=S) groups is 1. The molecular weight excluding hydrogens is 256 g/mol. The summed E-state index contributed by atoms with van der Waals surface area (Å²) in [5.74, 6) is 0.124. The van der Waals surface area contributed by atoms with Gasteiger partial charge in [0.15, 0.2) is 0 Å². The van der Waals surface area contributed by atoms with Crippen LogP contribution in [-0.4, -0.2) is 16.9 Å². The van der Waals surface area contributed by atoms with Crippen molar-refractivity contribution in [2.75, 3.05) is 0 Å². The topological polar surface area (TPSA) is 55.1 Å². The fraction of sp³-hybridized carbons (Fsp3) is 0.467. The van der Waals surface area contributed by atoms with Gasteiger partial charge in [0.05, 0.1) is 4.99 Å². The third kappa shape index (κ3) is 3.13. The van der Waals surface area contributed by atoms with Gasteiger partial charge in [0.2, 0.25) is 0 Å². The summed E-state index contributed by atoms with van der Waals surface area (Å²) in [6.07, 6.45) is 3.01. The molecule has 0 bridgehead atoms. The molecule has 1 aliphatic carbocycles. The third-order valence-electron chi connectivity index (χ3n) is 3.84. The molecule has 0 radical (unpaired) electrons. The largest absolute Gasteiger partial charge is 0.393 e. The zero-order valence-corrected chi connectivity index (χ0v) is 12.2. The smallest absolute Gasteiger partial charge is 0.251 e. The number of aryl methyl sites for hydroxylation is 2. The van der Waals surface area contributed by atoms with Crippen LogP contribution in [0.3, 0.4) is 0 Å². The number of rotatable bonds is 3. The van der Waals surface area contributed by atoms with E-state index in [0.29, 0.717) is 4.99 Å². The molecule has 1 aliphatic rings. The Balaban J connectivity index is 2.12. The number of carbonyl (C=O) groups is 1. The maximum atomic E-state index is 12.3. The number of carbonyl (C=O) groups excluding carboxylic acids is 1. The highest BCUT2D eigenvalue weighted by atomic mass is 32.1. The van der Waals surface area contributed by atoms with Gasteiger partial charge < -0.3 is 11.1 Å². The van der Waals surface area contributed by atoms with Crippen LogP contribution in [0.5, 0.6) is 0 Å². The lowest BCUT2D eigenvalue weighted by Crippen LogP contribution is -2.41. The Morgan fingerprint density at radius 3 is 2.79 bits per heavy atom. The van der Waals surface area contributed by atoms with Crippen molar-refractivity contribution in [3.05, 3.63) is 34.9 Å². The number of amides is 1. The summed E-state index contributed by atoms with van der Waals surface area (Å²) in [6, 6.07) is 6.00. The van der Waals surface area contributed by atoms with Crippen molar-refractivity contribution in [2.24, 2.45) is 11.7 Å². The van der Waals surface area contributed by atoms with Crippen molar-refractivity contribution in [2.45, 2.75) is 39.2 Å². The fourth-order valence-electron chi connectivity index (χ4n) is 2.70. The highest BCUT2D eigenvalue weighted by Gasteiger charge is 2.30. The highest BCUT2D eigenvalue weighted by Crippen LogP contribution is 2.26. The SMILES string of the molecule is Cc1ccc(C)c(C(=O)NC2CCCC2C(N)=S)c1. The van der Waals surface area contributed by atoms with Crippen molar-refractivity contribution in [1.82, 2.24) is 5.32 Å². The molecule has 0 heterocycles. The molecular formula is C15H20N2OS. The normalized spacial score (nSPS) is 22.2. The van der Waals surface area contributed by atoms with E-state index in [1.165, 1.54) is 0 Å². The predicted octanol–water partition coefficient (Wildman–Crippen LogP) is 2.49. The van der Waals surface area contributed by atoms with Crippen LogP contribution in [-0.2, 0) is 0 Å². The molecule has 1 saturated carbocycles. The number of hydrogen-bond acceptors (Lipinski definition) is 2. The Kier molecular flexibility index (Phi) is 4.20. The molecule has 102 valence electrons. The Labute approximate surface area is 119 Å². The first-order chi connectivity index (χ1) is 8.99. The maximum absolute atomic E-state index is 12.3. The number of nitrogens with one attached hydrogen (secondary N) is 1. The van der Waals surface area contributed by atoms with Crippen molar-refractivity contribution in [3.63, 3.8) is 0 Å². The summed E-state index contributed by atoms with van der Waals surface area (Å²) < 4.78 is 0. The summed E-state index contributed by atoms with van der Waals surface area (Å²) in [5, 5.41) is 3.09. The van der Waals surface area contributed by atoms with E-state index in [2.05, 4.69) is 5.32 Å². The van der Waals surface area contributed by atoms with E-state index in [1.54, 1.807) is 0 Å². The van der Waals surface area contributed by atoms with Gasteiger partial charge in [-0.2, -0.15) is 0 Å². The zero-order chi connectivity index (χ0) is 14.0. The molecule has 4 heteroatoms. The molecule has 0 aromatic heterocycles. The van der Waals surface area contributed by atoms with Crippen LogP contribution in [0.15, 0.2) is 18.2 Å². The molecule has 0 saturated heterocycles. The van der Waals surface area contributed by atoms with E-state index >= 15 is 0 Å². The van der Waals surface area contributed by atoms with Gasteiger partial charge >= 0.3 is 0 Å². The average molecular weight is 276 g/mol. The number of benzene rings is 1. The number of nitrogens with two attached hydrogens (primary N) is 1. The molecule has 2 unspecified atom stereocenters. The first-order valence-corrected chi connectivity index (χ1v) is 7.07. The lowest BCUT2D eigenvalue weighted by Gasteiger charge is -2.20. The van der Waals surface area contributed by atoms with Crippen LogP contribution in [0.2, 0.25) is 0 Å². The molecule has 3 nitrogen and oxygen atoms in total. The number of hydrogen-bond donors (Lipinski definition) is 2. The van der Waals surface area contributed by atoms with Crippen LogP contribution in [0.4, 0.5) is 0 Å². The Morgan fingerprint density at radius 2 is 2.11 bits per heavy atom. The molecule has 1 fully saturated rings. The van der Waals surface area contributed by atoms with E-state index in [-0.39, 0.29) is 17.9 Å². The van der Waals surface area contributed by atoms with E-state index in [0.717, 1.165) is 36.0 Å². The highest BCUT2D eigenvalue weighted by molar-refractivity contribution is 7.80. The molecule has 2 atom stereocenters. The molecule has 3 N–H and O–H groups in total. The van der Waals surface area contributed by atoms with Crippen LogP contribution in [0, 0.1) is 19.8 Å². The third-order valence-corrected chi connectivity index (χ3v) is 4.14. The minimum absolute atomic E-state index is 0.0191. The summed E-state index contributed by atoms with van der Waals surface area (Å²) >= 11 is 5.07. The van der Waals surface area contributed by atoms with Crippen LogP contribution < -0.4 is 11.1 Å². The molecule has 0 spiro atoms. The van der Waals surface area contributed by atoms with Gasteiger partial charge in [0, 0.05) is 17.5 Å². The van der Waals surface area contributed by atoms with Gasteiger partial charge in [-0.1, -0.05) is 36.3 Å². The molecule has 1 aromatic carbocycles. The standard InChI is InChI=1S/C15H20N2OS/c1-9-6-7-10(2)12(8-9)15(18)17-13-5-3-4-11(13)14(16)19/h6-8,11,13H,3-5H2,1-2H3,(H2,16,19)(H,17,18).